The predicted octanol–water partition coefficient (Wildman–Crippen LogP) is 4.15. The van der Waals surface area contributed by atoms with Gasteiger partial charge in [0.2, 0.25) is 5.91 Å². The molecule has 0 saturated heterocycles. The van der Waals surface area contributed by atoms with Crippen LogP contribution in [0, 0.1) is 11.7 Å². The Morgan fingerprint density at radius 3 is 2.46 bits per heavy atom. The molecule has 186 valence electrons. The SMILES string of the molecule is O=C(NCCNC(=O)C1Sc2ccccc2C1Cl)c1ccc(O[C@H]2CC[C@@H](C(=O)O)CC2)c(F)c1. The van der Waals surface area contributed by atoms with Crippen molar-refractivity contribution in [3.05, 3.63) is 59.4 Å². The van der Waals surface area contributed by atoms with Gasteiger partial charge in [-0.1, -0.05) is 18.2 Å². The minimum absolute atomic E-state index is 0.0401. The molecule has 35 heavy (non-hydrogen) atoms. The maximum atomic E-state index is 14.5. The van der Waals surface area contributed by atoms with E-state index in [9.17, 15) is 18.8 Å². The van der Waals surface area contributed by atoms with Gasteiger partial charge in [-0.15, -0.1) is 23.4 Å². The number of benzene rings is 2. The van der Waals surface area contributed by atoms with Crippen LogP contribution in [-0.2, 0) is 9.59 Å². The van der Waals surface area contributed by atoms with Gasteiger partial charge in [-0.05, 0) is 55.5 Å². The van der Waals surface area contributed by atoms with Crippen LogP contribution in [0.3, 0.4) is 0 Å². The molecule has 2 atom stereocenters. The van der Waals surface area contributed by atoms with Crippen LogP contribution in [0.4, 0.5) is 4.39 Å². The van der Waals surface area contributed by atoms with Crippen LogP contribution in [0.15, 0.2) is 47.4 Å². The maximum Gasteiger partial charge on any atom is 0.306 e. The predicted molar refractivity (Wildman–Crippen MR) is 130 cm³/mol. The van der Waals surface area contributed by atoms with Gasteiger partial charge in [-0.2, -0.15) is 0 Å². The second-order valence-corrected chi connectivity index (χ2v) is 10.3. The van der Waals surface area contributed by atoms with Gasteiger partial charge in [0.25, 0.3) is 5.91 Å². The van der Waals surface area contributed by atoms with Crippen LogP contribution < -0.4 is 15.4 Å². The number of carbonyl (C=O) groups is 3. The fourth-order valence-corrected chi connectivity index (χ4v) is 6.01. The molecule has 2 aromatic rings. The van der Waals surface area contributed by atoms with Crippen LogP contribution in [-0.4, -0.2) is 47.3 Å². The Kier molecular flexibility index (Phi) is 8.18. The van der Waals surface area contributed by atoms with Crippen LogP contribution >= 0.6 is 23.4 Å². The number of carboxylic acid groups (broad SMARTS) is 1. The van der Waals surface area contributed by atoms with E-state index in [0.717, 1.165) is 16.5 Å². The summed E-state index contributed by atoms with van der Waals surface area (Å²) in [5.74, 6) is -2.47. The van der Waals surface area contributed by atoms with Gasteiger partial charge >= 0.3 is 5.97 Å². The largest absolute Gasteiger partial charge is 0.487 e. The Morgan fingerprint density at radius 2 is 1.77 bits per heavy atom. The summed E-state index contributed by atoms with van der Waals surface area (Å²) in [6.07, 6.45) is 1.83. The van der Waals surface area contributed by atoms with E-state index in [1.54, 1.807) is 0 Å². The number of nitrogens with one attached hydrogen (secondary N) is 2. The molecule has 1 heterocycles. The van der Waals surface area contributed by atoms with E-state index in [1.807, 2.05) is 24.3 Å². The molecule has 1 saturated carbocycles. The molecule has 0 aromatic heterocycles. The Bertz CT molecular complexity index is 1110. The molecular formula is C25H26ClFN2O5S. The number of amides is 2. The van der Waals surface area contributed by atoms with Crippen molar-refractivity contribution >= 4 is 41.1 Å². The Hall–Kier alpha value is -2.78. The highest BCUT2D eigenvalue weighted by atomic mass is 35.5. The summed E-state index contributed by atoms with van der Waals surface area (Å²) in [5.41, 5.74) is 1.08. The van der Waals surface area contributed by atoms with Gasteiger partial charge < -0.3 is 20.5 Å². The third kappa shape index (κ3) is 6.08. The summed E-state index contributed by atoms with van der Waals surface area (Å²) in [4.78, 5) is 36.9. The fourth-order valence-electron chi connectivity index (χ4n) is 4.27. The Morgan fingerprint density at radius 1 is 1.06 bits per heavy atom. The third-order valence-electron chi connectivity index (χ3n) is 6.22. The van der Waals surface area contributed by atoms with Crippen LogP contribution in [0.25, 0.3) is 0 Å². The highest BCUT2D eigenvalue weighted by molar-refractivity contribution is 8.01. The van der Waals surface area contributed by atoms with Crippen molar-refractivity contribution in [1.82, 2.24) is 10.6 Å². The van der Waals surface area contributed by atoms with E-state index >= 15 is 0 Å². The Balaban J connectivity index is 1.21. The molecule has 0 bridgehead atoms. The number of halogens is 2. The average Bonchev–Trinajstić information content (AvgIpc) is 3.20. The normalized spacial score (nSPS) is 23.3. The number of thioether (sulfide) groups is 1. The number of alkyl halides is 1. The first-order valence-corrected chi connectivity index (χ1v) is 12.8. The van der Waals surface area contributed by atoms with E-state index < -0.39 is 28.3 Å². The molecule has 3 N–H and O–H groups in total. The number of aliphatic carboxylic acids is 1. The quantitative estimate of drug-likeness (QED) is 0.357. The van der Waals surface area contributed by atoms with E-state index in [1.165, 1.54) is 23.9 Å². The zero-order valence-electron chi connectivity index (χ0n) is 18.8. The van der Waals surface area contributed by atoms with Crippen molar-refractivity contribution in [2.75, 3.05) is 13.1 Å². The topological polar surface area (TPSA) is 105 Å². The standard InChI is InChI=1S/C25H26ClFN2O5S/c26-21-17-3-1-2-4-20(17)35-22(21)24(31)29-12-11-28-23(30)15-7-10-19(18(27)13-15)34-16-8-5-14(6-9-16)25(32)33/h1-4,7,10,13-14,16,21-22H,5-6,8-9,11-12H2,(H,28,30)(H,29,31)(H,32,33)/t14-,16+,21?,22?. The summed E-state index contributed by atoms with van der Waals surface area (Å²) in [6.45, 7) is 0.388. The molecule has 1 aliphatic heterocycles. The van der Waals surface area contributed by atoms with Gasteiger partial charge in [-0.25, -0.2) is 4.39 Å². The van der Waals surface area contributed by atoms with Crippen molar-refractivity contribution in [2.24, 2.45) is 5.92 Å². The Labute approximate surface area is 211 Å². The molecule has 10 heteroatoms. The first-order valence-electron chi connectivity index (χ1n) is 11.5. The number of ether oxygens (including phenoxy) is 1. The summed E-state index contributed by atoms with van der Waals surface area (Å²) in [5, 5.41) is 13.7. The highest BCUT2D eigenvalue weighted by Crippen LogP contribution is 2.47. The lowest BCUT2D eigenvalue weighted by atomic mass is 9.87. The molecule has 0 spiro atoms. The molecule has 2 unspecified atom stereocenters. The van der Waals surface area contributed by atoms with Gasteiger partial charge in [0, 0.05) is 23.5 Å². The minimum atomic E-state index is -0.809. The number of fused-ring (bicyclic) bond motifs is 1. The molecule has 2 aromatic carbocycles. The third-order valence-corrected chi connectivity index (χ3v) is 8.22. The summed E-state index contributed by atoms with van der Waals surface area (Å²) in [7, 11) is 0. The fraction of sp³-hybridized carbons (Fsp3) is 0.400. The number of rotatable bonds is 8. The maximum absolute atomic E-state index is 14.5. The lowest BCUT2D eigenvalue weighted by molar-refractivity contribution is -0.143. The smallest absolute Gasteiger partial charge is 0.306 e. The van der Waals surface area contributed by atoms with Crippen molar-refractivity contribution in [3.63, 3.8) is 0 Å². The monoisotopic (exact) mass is 520 g/mol. The minimum Gasteiger partial charge on any atom is -0.487 e. The van der Waals surface area contributed by atoms with Gasteiger partial charge in [0.1, 0.15) is 5.25 Å². The number of hydrogen-bond donors (Lipinski definition) is 3. The summed E-state index contributed by atoms with van der Waals surface area (Å²) >= 11 is 7.85. The summed E-state index contributed by atoms with van der Waals surface area (Å²) < 4.78 is 20.2. The van der Waals surface area contributed by atoms with Crippen LogP contribution in [0.5, 0.6) is 5.75 Å². The van der Waals surface area contributed by atoms with Crippen molar-refractivity contribution in [2.45, 2.75) is 47.3 Å². The number of hydrogen-bond acceptors (Lipinski definition) is 5. The van der Waals surface area contributed by atoms with Gasteiger partial charge in [-0.3, -0.25) is 14.4 Å². The molecule has 7 nitrogen and oxygen atoms in total. The average molecular weight is 521 g/mol. The van der Waals surface area contributed by atoms with E-state index in [0.29, 0.717) is 25.7 Å². The lowest BCUT2D eigenvalue weighted by Crippen LogP contribution is -2.39. The molecule has 0 radical (unpaired) electrons. The number of carbonyl (C=O) groups excluding carboxylic acids is 2. The second-order valence-electron chi connectivity index (χ2n) is 8.60. The van der Waals surface area contributed by atoms with Crippen molar-refractivity contribution in [3.8, 4) is 5.75 Å². The van der Waals surface area contributed by atoms with Crippen molar-refractivity contribution in [1.29, 1.82) is 0 Å². The first-order chi connectivity index (χ1) is 16.8. The molecule has 2 amide bonds. The van der Waals surface area contributed by atoms with Gasteiger partial charge in [0.05, 0.1) is 17.4 Å². The second kappa shape index (κ2) is 11.3. The molecule has 1 fully saturated rings. The molecule has 4 rings (SSSR count). The molecule has 1 aliphatic carbocycles. The first kappa shape index (κ1) is 25.3. The molecule has 2 aliphatic rings. The van der Waals surface area contributed by atoms with E-state index in [2.05, 4.69) is 10.6 Å². The zero-order chi connectivity index (χ0) is 24.9. The highest BCUT2D eigenvalue weighted by Gasteiger charge is 2.36. The van der Waals surface area contributed by atoms with Crippen molar-refractivity contribution < 1.29 is 28.6 Å². The number of carboxylic acids is 1. The molecular weight excluding hydrogens is 495 g/mol. The van der Waals surface area contributed by atoms with Crippen LogP contribution in [0.1, 0.15) is 47.0 Å². The van der Waals surface area contributed by atoms with E-state index in [-0.39, 0.29) is 42.3 Å². The lowest BCUT2D eigenvalue weighted by Gasteiger charge is -2.27. The van der Waals surface area contributed by atoms with Gasteiger partial charge in [0.15, 0.2) is 11.6 Å². The van der Waals surface area contributed by atoms with E-state index in [4.69, 9.17) is 21.4 Å². The van der Waals surface area contributed by atoms with Crippen LogP contribution in [0.2, 0.25) is 0 Å². The zero-order valence-corrected chi connectivity index (χ0v) is 20.4. The summed E-state index contributed by atoms with van der Waals surface area (Å²) in [6, 6.07) is 11.6.